The molecule has 2 aliphatic rings. The van der Waals surface area contributed by atoms with Crippen LogP contribution in [0.2, 0.25) is 0 Å². The predicted molar refractivity (Wildman–Crippen MR) is 104 cm³/mol. The molecule has 1 atom stereocenters. The summed E-state index contributed by atoms with van der Waals surface area (Å²) in [6.45, 7) is -0.269. The van der Waals surface area contributed by atoms with Crippen molar-refractivity contribution >= 4 is 34.7 Å². The van der Waals surface area contributed by atoms with Crippen LogP contribution in [0.25, 0.3) is 5.57 Å². The van der Waals surface area contributed by atoms with E-state index in [2.05, 4.69) is 5.32 Å². The predicted octanol–water partition coefficient (Wildman–Crippen LogP) is 2.21. The zero-order valence-electron chi connectivity index (χ0n) is 15.3. The molecule has 0 bridgehead atoms. The molecule has 0 saturated heterocycles. The Labute approximate surface area is 166 Å². The van der Waals surface area contributed by atoms with Crippen molar-refractivity contribution in [2.75, 3.05) is 16.9 Å². The second-order valence-electron chi connectivity index (χ2n) is 6.69. The van der Waals surface area contributed by atoms with E-state index in [9.17, 15) is 19.5 Å². The van der Waals surface area contributed by atoms with Gasteiger partial charge >= 0.3 is 11.9 Å². The molecule has 0 aromatic heterocycles. The average molecular weight is 394 g/mol. The number of benzene rings is 2. The Balaban J connectivity index is 1.63. The highest BCUT2D eigenvalue weighted by molar-refractivity contribution is 6.23. The summed E-state index contributed by atoms with van der Waals surface area (Å²) in [6, 6.07) is 14.2. The van der Waals surface area contributed by atoms with Gasteiger partial charge in [0, 0.05) is 28.1 Å². The van der Waals surface area contributed by atoms with E-state index >= 15 is 0 Å². The van der Waals surface area contributed by atoms with Crippen LogP contribution in [-0.4, -0.2) is 40.9 Å². The van der Waals surface area contributed by atoms with E-state index < -0.39 is 18.2 Å². The van der Waals surface area contributed by atoms with Gasteiger partial charge < -0.3 is 25.2 Å². The molecule has 8 nitrogen and oxygen atoms in total. The quantitative estimate of drug-likeness (QED) is 0.522. The lowest BCUT2D eigenvalue weighted by atomic mass is 10.0. The van der Waals surface area contributed by atoms with E-state index in [4.69, 9.17) is 9.84 Å². The van der Waals surface area contributed by atoms with Crippen molar-refractivity contribution in [1.82, 2.24) is 0 Å². The first kappa shape index (κ1) is 18.7. The summed E-state index contributed by atoms with van der Waals surface area (Å²) >= 11 is 0. The van der Waals surface area contributed by atoms with Crippen molar-refractivity contribution < 1.29 is 29.3 Å². The molecule has 0 aliphatic carbocycles. The van der Waals surface area contributed by atoms with Crippen LogP contribution in [0.4, 0.5) is 11.4 Å². The average Bonchev–Trinajstić information content (AvgIpc) is 3.18. The van der Waals surface area contributed by atoms with Crippen LogP contribution in [0.1, 0.15) is 28.8 Å². The van der Waals surface area contributed by atoms with E-state index in [1.807, 2.05) is 6.07 Å². The Morgan fingerprint density at radius 2 is 1.72 bits per heavy atom. The number of esters is 1. The molecule has 8 heteroatoms. The normalized spacial score (nSPS) is 19.6. The van der Waals surface area contributed by atoms with Gasteiger partial charge in [0.15, 0.2) is 13.0 Å². The number of ether oxygens (including phenoxy) is 1. The van der Waals surface area contributed by atoms with Gasteiger partial charge in [0.05, 0.1) is 18.5 Å². The van der Waals surface area contributed by atoms with Crippen molar-refractivity contribution in [3.8, 4) is 0 Å². The van der Waals surface area contributed by atoms with Crippen LogP contribution in [-0.2, 0) is 14.3 Å². The monoisotopic (exact) mass is 394 g/mol. The largest absolute Gasteiger partial charge is 0.481 e. The molecule has 0 fully saturated rings. The second-order valence-corrected chi connectivity index (χ2v) is 6.69. The van der Waals surface area contributed by atoms with E-state index in [1.54, 1.807) is 42.5 Å². The molecule has 2 aliphatic heterocycles. The van der Waals surface area contributed by atoms with Gasteiger partial charge in [-0.25, -0.2) is 0 Å². The van der Waals surface area contributed by atoms with E-state index in [0.717, 1.165) is 0 Å². The number of carboxylic acid groups (broad SMARTS) is 1. The Morgan fingerprint density at radius 1 is 1.03 bits per heavy atom. The molecule has 0 saturated carbocycles. The summed E-state index contributed by atoms with van der Waals surface area (Å²) in [7, 11) is 0. The first-order valence-corrected chi connectivity index (χ1v) is 9.04. The maximum absolute atomic E-state index is 12.9. The van der Waals surface area contributed by atoms with Crippen molar-refractivity contribution in [2.24, 2.45) is 0 Å². The number of Topliss-reactive ketones (excluding diaryl/α,β-unsaturated/α-hetero) is 1. The maximum atomic E-state index is 12.9. The molecule has 148 valence electrons. The van der Waals surface area contributed by atoms with Crippen LogP contribution in [0.5, 0.6) is 0 Å². The second kappa shape index (κ2) is 7.40. The number of ketones is 1. The minimum absolute atomic E-state index is 0.218. The lowest BCUT2D eigenvalue weighted by Gasteiger charge is -2.23. The van der Waals surface area contributed by atoms with Crippen molar-refractivity contribution in [1.29, 1.82) is 0 Å². The number of anilines is 2. The highest BCUT2D eigenvalue weighted by Gasteiger charge is 2.39. The lowest BCUT2D eigenvalue weighted by Crippen LogP contribution is -2.35. The minimum atomic E-state index is -1.21. The minimum Gasteiger partial charge on any atom is -0.481 e. The third kappa shape index (κ3) is 3.34. The van der Waals surface area contributed by atoms with Crippen LogP contribution in [0.3, 0.4) is 0 Å². The SMILES string of the molecule is O=C(O)CCC(=O)OCN1c2ccccc2/C(=C2/Nc3ccccc3C2=O)C1O. The lowest BCUT2D eigenvalue weighted by molar-refractivity contribution is -0.147. The number of aliphatic hydroxyl groups is 1. The highest BCUT2D eigenvalue weighted by atomic mass is 16.5. The number of allylic oxidation sites excluding steroid dienone is 1. The Morgan fingerprint density at radius 3 is 2.45 bits per heavy atom. The number of aliphatic hydroxyl groups excluding tert-OH is 1. The molecular weight excluding hydrogens is 376 g/mol. The summed E-state index contributed by atoms with van der Waals surface area (Å²) in [4.78, 5) is 36.7. The van der Waals surface area contributed by atoms with Crippen LogP contribution in [0.15, 0.2) is 54.2 Å². The van der Waals surface area contributed by atoms with Gasteiger partial charge in [-0.2, -0.15) is 0 Å². The molecular formula is C21H18N2O6. The topological polar surface area (TPSA) is 116 Å². The van der Waals surface area contributed by atoms with E-state index in [1.165, 1.54) is 4.90 Å². The first-order valence-electron chi connectivity index (χ1n) is 9.04. The summed E-state index contributed by atoms with van der Waals surface area (Å²) in [5.74, 6) is -1.99. The van der Waals surface area contributed by atoms with Gasteiger partial charge in [0.1, 0.15) is 0 Å². The zero-order valence-corrected chi connectivity index (χ0v) is 15.3. The van der Waals surface area contributed by atoms with E-state index in [-0.39, 0.29) is 31.1 Å². The number of hydrogen-bond donors (Lipinski definition) is 3. The van der Waals surface area contributed by atoms with Crippen molar-refractivity contribution in [3.05, 3.63) is 65.4 Å². The molecule has 0 radical (unpaired) electrons. The zero-order chi connectivity index (χ0) is 20.5. The maximum Gasteiger partial charge on any atom is 0.308 e. The van der Waals surface area contributed by atoms with Gasteiger partial charge in [0.2, 0.25) is 5.78 Å². The number of carbonyl (C=O) groups excluding carboxylic acids is 2. The van der Waals surface area contributed by atoms with Crippen LogP contribution < -0.4 is 10.2 Å². The summed E-state index contributed by atoms with van der Waals surface area (Å²) in [5.41, 5.74) is 3.15. The number of carbonyl (C=O) groups is 3. The number of aliphatic carboxylic acids is 1. The standard InChI is InChI=1S/C21H18N2O6/c24-16(25)9-10-17(26)29-11-23-15-8-4-2-6-13(15)18(21(23)28)19-20(27)12-5-1-3-7-14(12)22-19/h1-8,21-22,28H,9-11H2,(H,24,25)/b19-18-. The van der Waals surface area contributed by atoms with Crippen molar-refractivity contribution in [3.63, 3.8) is 0 Å². The molecule has 2 aromatic rings. The number of rotatable bonds is 5. The molecule has 2 heterocycles. The van der Waals surface area contributed by atoms with Gasteiger partial charge in [-0.3, -0.25) is 14.4 Å². The molecule has 3 N–H and O–H groups in total. The summed E-state index contributed by atoms with van der Waals surface area (Å²) < 4.78 is 5.14. The Hall–Kier alpha value is -3.65. The van der Waals surface area contributed by atoms with Gasteiger partial charge in [-0.15, -0.1) is 0 Å². The fourth-order valence-electron chi connectivity index (χ4n) is 3.51. The fraction of sp³-hybridized carbons (Fsp3) is 0.190. The van der Waals surface area contributed by atoms with E-state index in [0.29, 0.717) is 28.1 Å². The summed E-state index contributed by atoms with van der Waals surface area (Å²) in [5, 5.41) is 22.7. The number of nitrogens with one attached hydrogen (secondary N) is 1. The smallest absolute Gasteiger partial charge is 0.308 e. The Kier molecular flexibility index (Phi) is 4.77. The third-order valence-electron chi connectivity index (χ3n) is 4.89. The van der Waals surface area contributed by atoms with Gasteiger partial charge in [-0.05, 0) is 18.2 Å². The number of hydrogen-bond acceptors (Lipinski definition) is 7. The van der Waals surface area contributed by atoms with Gasteiger partial charge in [-0.1, -0.05) is 30.3 Å². The van der Waals surface area contributed by atoms with Crippen LogP contribution >= 0.6 is 0 Å². The molecule has 0 spiro atoms. The number of nitrogens with zero attached hydrogens (tertiary/aromatic N) is 1. The van der Waals surface area contributed by atoms with Gasteiger partial charge in [0.25, 0.3) is 0 Å². The molecule has 2 aromatic carbocycles. The first-order chi connectivity index (χ1) is 14.0. The molecule has 29 heavy (non-hydrogen) atoms. The fourth-order valence-corrected chi connectivity index (χ4v) is 3.51. The number of fused-ring (bicyclic) bond motifs is 2. The van der Waals surface area contributed by atoms with Crippen LogP contribution in [0, 0.1) is 0 Å². The molecule has 1 unspecified atom stereocenters. The summed E-state index contributed by atoms with van der Waals surface area (Å²) in [6.07, 6.45) is -1.80. The number of para-hydroxylation sites is 2. The number of carboxylic acids is 1. The Bertz CT molecular complexity index is 1040. The molecule has 0 amide bonds. The highest BCUT2D eigenvalue weighted by Crippen LogP contribution is 2.43. The molecule has 4 rings (SSSR count). The van der Waals surface area contributed by atoms with Crippen molar-refractivity contribution in [2.45, 2.75) is 19.1 Å². The third-order valence-corrected chi connectivity index (χ3v) is 4.89.